The highest BCUT2D eigenvalue weighted by Crippen LogP contribution is 2.28. The molecule has 2 amide bonds. The third kappa shape index (κ3) is 2.91. The van der Waals surface area contributed by atoms with Gasteiger partial charge in [0.2, 0.25) is 5.91 Å². The lowest BCUT2D eigenvalue weighted by Gasteiger charge is -2.13. The Morgan fingerprint density at radius 2 is 1.41 bits per heavy atom. The van der Waals surface area contributed by atoms with Crippen molar-refractivity contribution in [1.29, 1.82) is 0 Å². The molecule has 0 bridgehead atoms. The van der Waals surface area contributed by atoms with Gasteiger partial charge in [0.05, 0.1) is 12.1 Å². The van der Waals surface area contributed by atoms with Crippen molar-refractivity contribution >= 4 is 46.8 Å². The number of hydrogen-bond donors (Lipinski definition) is 0. The van der Waals surface area contributed by atoms with Crippen molar-refractivity contribution in [3.8, 4) is 0 Å². The monoisotopic (exact) mass is 331 g/mol. The highest BCUT2D eigenvalue weighted by atomic mass is 35.5. The Labute approximate surface area is 137 Å². The van der Waals surface area contributed by atoms with Crippen LogP contribution in [0.2, 0.25) is 10.0 Å². The van der Waals surface area contributed by atoms with Gasteiger partial charge in [0, 0.05) is 15.6 Å². The van der Waals surface area contributed by atoms with Crippen LogP contribution in [0.1, 0.15) is 12.0 Å². The first-order chi connectivity index (χ1) is 10.5. The summed E-state index contributed by atoms with van der Waals surface area (Å²) >= 11 is 11.7. The molecule has 3 rings (SSSR count). The predicted octanol–water partition coefficient (Wildman–Crippen LogP) is 4.34. The normalized spacial score (nSPS) is 16.6. The van der Waals surface area contributed by atoms with Crippen LogP contribution in [0.3, 0.4) is 0 Å². The maximum Gasteiger partial charge on any atom is 0.261 e. The number of nitrogens with zero attached hydrogens (tertiary/aromatic N) is 1. The van der Waals surface area contributed by atoms with Gasteiger partial charge in [-0.1, -0.05) is 35.3 Å². The van der Waals surface area contributed by atoms with E-state index in [9.17, 15) is 9.59 Å². The minimum Gasteiger partial charge on any atom is -0.274 e. The molecule has 1 aliphatic heterocycles. The molecule has 1 heterocycles. The summed E-state index contributed by atoms with van der Waals surface area (Å²) in [6.07, 6.45) is 1.80. The van der Waals surface area contributed by atoms with Gasteiger partial charge >= 0.3 is 0 Å². The number of halogens is 2. The zero-order valence-corrected chi connectivity index (χ0v) is 12.9. The lowest BCUT2D eigenvalue weighted by atomic mass is 10.1. The maximum absolute atomic E-state index is 12.5. The lowest BCUT2D eigenvalue weighted by Crippen LogP contribution is -2.28. The van der Waals surface area contributed by atoms with Crippen molar-refractivity contribution in [1.82, 2.24) is 0 Å². The lowest BCUT2D eigenvalue weighted by molar-refractivity contribution is -0.120. The van der Waals surface area contributed by atoms with E-state index in [1.165, 1.54) is 4.90 Å². The Morgan fingerprint density at radius 1 is 0.864 bits per heavy atom. The third-order valence-corrected chi connectivity index (χ3v) is 3.87. The van der Waals surface area contributed by atoms with Gasteiger partial charge in [-0.3, -0.25) is 9.59 Å². The quantitative estimate of drug-likeness (QED) is 0.606. The molecule has 0 aliphatic carbocycles. The molecule has 0 unspecified atom stereocenters. The van der Waals surface area contributed by atoms with E-state index in [-0.39, 0.29) is 18.2 Å². The average Bonchev–Trinajstić information content (AvgIpc) is 2.77. The maximum atomic E-state index is 12.5. The van der Waals surface area contributed by atoms with Crippen LogP contribution in [0.5, 0.6) is 0 Å². The van der Waals surface area contributed by atoms with E-state index in [1.807, 2.05) is 0 Å². The van der Waals surface area contributed by atoms with Crippen LogP contribution in [0.25, 0.3) is 6.08 Å². The minimum absolute atomic E-state index is 0.0874. The molecular weight excluding hydrogens is 321 g/mol. The van der Waals surface area contributed by atoms with Gasteiger partial charge in [-0.25, -0.2) is 4.90 Å². The van der Waals surface area contributed by atoms with Crippen LogP contribution in [0, 0.1) is 0 Å². The molecule has 0 N–H and O–H groups in total. The first-order valence-corrected chi connectivity index (χ1v) is 7.39. The molecule has 0 atom stereocenters. The molecule has 1 aliphatic rings. The standard InChI is InChI=1S/C17H11Cl2NO2/c18-13-3-1-11(2-4-13)9-12-10-16(21)20(17(12)22)15-7-5-14(19)6-8-15/h1-9H,10H2/b12-9+. The van der Waals surface area contributed by atoms with Gasteiger partial charge in [-0.2, -0.15) is 0 Å². The van der Waals surface area contributed by atoms with Gasteiger partial charge in [0.25, 0.3) is 5.91 Å². The van der Waals surface area contributed by atoms with Crippen molar-refractivity contribution in [3.63, 3.8) is 0 Å². The fourth-order valence-electron chi connectivity index (χ4n) is 2.30. The average molecular weight is 332 g/mol. The van der Waals surface area contributed by atoms with E-state index in [0.29, 0.717) is 21.3 Å². The summed E-state index contributed by atoms with van der Waals surface area (Å²) < 4.78 is 0. The Morgan fingerprint density at radius 3 is 2.00 bits per heavy atom. The van der Waals surface area contributed by atoms with E-state index in [4.69, 9.17) is 23.2 Å². The SMILES string of the molecule is O=C1C/C(=C\c2ccc(Cl)cc2)C(=O)N1c1ccc(Cl)cc1. The van der Waals surface area contributed by atoms with Crippen LogP contribution < -0.4 is 4.90 Å². The smallest absolute Gasteiger partial charge is 0.261 e. The first-order valence-electron chi connectivity index (χ1n) is 6.63. The zero-order valence-electron chi connectivity index (χ0n) is 11.4. The van der Waals surface area contributed by atoms with Gasteiger partial charge in [0.1, 0.15) is 0 Å². The summed E-state index contributed by atoms with van der Waals surface area (Å²) in [6, 6.07) is 13.7. The van der Waals surface area contributed by atoms with E-state index in [2.05, 4.69) is 0 Å². The van der Waals surface area contributed by atoms with Crippen LogP contribution in [-0.2, 0) is 9.59 Å². The molecule has 0 aromatic heterocycles. The fourth-order valence-corrected chi connectivity index (χ4v) is 2.55. The molecule has 1 saturated heterocycles. The topological polar surface area (TPSA) is 37.4 Å². The summed E-state index contributed by atoms with van der Waals surface area (Å²) in [5.74, 6) is -0.546. The molecular formula is C17H11Cl2NO2. The number of carbonyl (C=O) groups excluding carboxylic acids is 2. The van der Waals surface area contributed by atoms with Crippen LogP contribution in [0.4, 0.5) is 5.69 Å². The molecule has 0 radical (unpaired) electrons. The number of amides is 2. The van der Waals surface area contributed by atoms with Gasteiger partial charge in [-0.15, -0.1) is 0 Å². The Kier molecular flexibility index (Phi) is 4.01. The minimum atomic E-state index is -0.303. The second kappa shape index (κ2) is 5.95. The molecule has 2 aromatic carbocycles. The zero-order chi connectivity index (χ0) is 15.7. The predicted molar refractivity (Wildman–Crippen MR) is 88.0 cm³/mol. The second-order valence-electron chi connectivity index (χ2n) is 4.91. The van der Waals surface area contributed by atoms with Crippen LogP contribution in [-0.4, -0.2) is 11.8 Å². The fraction of sp³-hybridized carbons (Fsp3) is 0.0588. The molecule has 22 heavy (non-hydrogen) atoms. The highest BCUT2D eigenvalue weighted by Gasteiger charge is 2.34. The van der Waals surface area contributed by atoms with Gasteiger partial charge in [0.15, 0.2) is 0 Å². The van der Waals surface area contributed by atoms with Crippen LogP contribution in [0.15, 0.2) is 54.1 Å². The number of benzene rings is 2. The molecule has 0 spiro atoms. The first kappa shape index (κ1) is 14.8. The summed E-state index contributed by atoms with van der Waals surface area (Å²) in [6.45, 7) is 0. The number of imide groups is 1. The Bertz CT molecular complexity index is 764. The Hall–Kier alpha value is -2.10. The number of carbonyl (C=O) groups is 2. The molecule has 0 saturated carbocycles. The molecule has 110 valence electrons. The molecule has 5 heteroatoms. The van der Waals surface area contributed by atoms with Crippen molar-refractivity contribution in [3.05, 3.63) is 69.7 Å². The van der Waals surface area contributed by atoms with Crippen molar-refractivity contribution < 1.29 is 9.59 Å². The Balaban J connectivity index is 1.91. The number of anilines is 1. The molecule has 1 fully saturated rings. The van der Waals surface area contributed by atoms with E-state index < -0.39 is 0 Å². The van der Waals surface area contributed by atoms with E-state index >= 15 is 0 Å². The highest BCUT2D eigenvalue weighted by molar-refractivity contribution is 6.32. The van der Waals surface area contributed by atoms with Crippen molar-refractivity contribution in [2.24, 2.45) is 0 Å². The third-order valence-electron chi connectivity index (χ3n) is 3.36. The number of hydrogen-bond acceptors (Lipinski definition) is 2. The summed E-state index contributed by atoms with van der Waals surface area (Å²) in [5.41, 5.74) is 1.82. The molecule has 2 aromatic rings. The summed E-state index contributed by atoms with van der Waals surface area (Å²) in [4.78, 5) is 25.8. The second-order valence-corrected chi connectivity index (χ2v) is 5.78. The van der Waals surface area contributed by atoms with Crippen molar-refractivity contribution in [2.75, 3.05) is 4.90 Å². The molecule has 3 nitrogen and oxygen atoms in total. The van der Waals surface area contributed by atoms with Crippen LogP contribution >= 0.6 is 23.2 Å². The van der Waals surface area contributed by atoms with E-state index in [0.717, 1.165) is 5.56 Å². The van der Waals surface area contributed by atoms with E-state index in [1.54, 1.807) is 54.6 Å². The summed E-state index contributed by atoms with van der Waals surface area (Å²) in [7, 11) is 0. The number of rotatable bonds is 2. The summed E-state index contributed by atoms with van der Waals surface area (Å²) in [5, 5.41) is 1.18. The van der Waals surface area contributed by atoms with Gasteiger partial charge in [-0.05, 0) is 48.0 Å². The largest absolute Gasteiger partial charge is 0.274 e. The van der Waals surface area contributed by atoms with Gasteiger partial charge < -0.3 is 0 Å². The van der Waals surface area contributed by atoms with Crippen molar-refractivity contribution in [2.45, 2.75) is 6.42 Å².